The van der Waals surface area contributed by atoms with Gasteiger partial charge in [-0.2, -0.15) is 0 Å². The van der Waals surface area contributed by atoms with E-state index in [1.165, 1.54) is 12.1 Å². The predicted octanol–water partition coefficient (Wildman–Crippen LogP) is 4.50. The Morgan fingerprint density at radius 3 is 2.47 bits per heavy atom. The quantitative estimate of drug-likeness (QED) is 0.500. The first-order chi connectivity index (χ1) is 14.5. The van der Waals surface area contributed by atoms with Gasteiger partial charge in [0.05, 0.1) is 16.8 Å². The van der Waals surface area contributed by atoms with Gasteiger partial charge in [0, 0.05) is 16.5 Å². The topological polar surface area (TPSA) is 82.3 Å². The van der Waals surface area contributed by atoms with Gasteiger partial charge in [0.1, 0.15) is 12.4 Å². The van der Waals surface area contributed by atoms with Crippen molar-refractivity contribution >= 4 is 22.8 Å². The Morgan fingerprint density at radius 1 is 0.933 bits per heavy atom. The van der Waals surface area contributed by atoms with Gasteiger partial charge in [0.15, 0.2) is 0 Å². The number of benzene rings is 3. The number of carbonyl (C=O) groups excluding carboxylic acids is 2. The number of aromatic nitrogens is 1. The van der Waals surface area contributed by atoms with Gasteiger partial charge in [0.2, 0.25) is 5.91 Å². The molecule has 0 saturated carbocycles. The molecule has 0 bridgehead atoms. The molecule has 0 radical (unpaired) electrons. The molecular formula is C24H17FN2O3. The van der Waals surface area contributed by atoms with Crippen LogP contribution < -0.4 is 5.73 Å². The van der Waals surface area contributed by atoms with Crippen LogP contribution in [0.3, 0.4) is 0 Å². The average molecular weight is 400 g/mol. The van der Waals surface area contributed by atoms with Gasteiger partial charge in [-0.3, -0.25) is 4.79 Å². The number of halogens is 1. The minimum atomic E-state index is -0.549. The number of amides is 1. The van der Waals surface area contributed by atoms with E-state index in [1.807, 2.05) is 12.1 Å². The summed E-state index contributed by atoms with van der Waals surface area (Å²) in [6.07, 6.45) is 0. The maximum absolute atomic E-state index is 13.3. The number of esters is 1. The van der Waals surface area contributed by atoms with Crippen LogP contribution in [0.25, 0.3) is 22.2 Å². The number of hydrogen-bond acceptors (Lipinski definition) is 4. The van der Waals surface area contributed by atoms with E-state index >= 15 is 0 Å². The van der Waals surface area contributed by atoms with E-state index in [1.54, 1.807) is 54.6 Å². The van der Waals surface area contributed by atoms with Crippen LogP contribution in [0.1, 0.15) is 26.3 Å². The highest BCUT2D eigenvalue weighted by Gasteiger charge is 2.16. The Kier molecular flexibility index (Phi) is 5.22. The predicted molar refractivity (Wildman–Crippen MR) is 111 cm³/mol. The maximum atomic E-state index is 13.3. The molecule has 5 nitrogen and oxygen atoms in total. The number of ether oxygens (including phenoxy) is 1. The summed E-state index contributed by atoms with van der Waals surface area (Å²) in [5, 5.41) is 0.652. The van der Waals surface area contributed by atoms with Crippen LogP contribution in [0.4, 0.5) is 4.39 Å². The summed E-state index contributed by atoms with van der Waals surface area (Å²) in [5.41, 5.74) is 8.49. The van der Waals surface area contributed by atoms with Crippen molar-refractivity contribution in [2.45, 2.75) is 6.61 Å². The summed E-state index contributed by atoms with van der Waals surface area (Å²) in [4.78, 5) is 28.8. The lowest BCUT2D eigenvalue weighted by Gasteiger charge is -2.11. The highest BCUT2D eigenvalue weighted by molar-refractivity contribution is 6.04. The number of para-hydroxylation sites is 1. The number of nitrogens with zero attached hydrogens (tertiary/aromatic N) is 1. The van der Waals surface area contributed by atoms with Crippen LogP contribution >= 0.6 is 0 Å². The molecule has 0 saturated heterocycles. The van der Waals surface area contributed by atoms with Gasteiger partial charge in [-0.1, -0.05) is 30.3 Å². The van der Waals surface area contributed by atoms with Crippen molar-refractivity contribution in [2.75, 3.05) is 0 Å². The number of nitrogens with two attached hydrogens (primary N) is 1. The van der Waals surface area contributed by atoms with Crippen molar-refractivity contribution in [2.24, 2.45) is 5.73 Å². The van der Waals surface area contributed by atoms with Crippen molar-refractivity contribution in [1.29, 1.82) is 0 Å². The number of rotatable bonds is 5. The van der Waals surface area contributed by atoms with E-state index < -0.39 is 11.9 Å². The molecular weight excluding hydrogens is 383 g/mol. The normalized spacial score (nSPS) is 10.7. The summed E-state index contributed by atoms with van der Waals surface area (Å²) >= 11 is 0. The second-order valence-corrected chi connectivity index (χ2v) is 6.72. The summed E-state index contributed by atoms with van der Waals surface area (Å²) in [7, 11) is 0. The lowest BCUT2D eigenvalue weighted by Crippen LogP contribution is -2.12. The number of carbonyl (C=O) groups is 2. The van der Waals surface area contributed by atoms with Gasteiger partial charge in [-0.05, 0) is 54.1 Å². The molecule has 2 N–H and O–H groups in total. The minimum absolute atomic E-state index is 0.0114. The zero-order valence-electron chi connectivity index (χ0n) is 15.8. The van der Waals surface area contributed by atoms with E-state index in [9.17, 15) is 14.0 Å². The third-order valence-electron chi connectivity index (χ3n) is 4.66. The van der Waals surface area contributed by atoms with E-state index in [2.05, 4.69) is 4.98 Å². The van der Waals surface area contributed by atoms with Crippen molar-refractivity contribution in [1.82, 2.24) is 4.98 Å². The highest BCUT2D eigenvalue weighted by Crippen LogP contribution is 2.26. The largest absolute Gasteiger partial charge is 0.457 e. The van der Waals surface area contributed by atoms with Crippen molar-refractivity contribution in [3.05, 3.63) is 101 Å². The standard InChI is InChI=1S/C24H17FN2O3/c25-18-10-8-16(9-11-18)22-13-20(19-6-1-2-7-21(19)27-22)24(29)30-14-15-4-3-5-17(12-15)23(26)28/h1-13H,14H2,(H2,26,28). The molecule has 0 unspecified atom stereocenters. The van der Waals surface area contributed by atoms with Crippen LogP contribution in [0.15, 0.2) is 78.9 Å². The first kappa shape index (κ1) is 19.3. The fourth-order valence-electron chi connectivity index (χ4n) is 3.15. The molecule has 4 aromatic rings. The van der Waals surface area contributed by atoms with Gasteiger partial charge in [0.25, 0.3) is 0 Å². The average Bonchev–Trinajstić information content (AvgIpc) is 2.77. The molecule has 30 heavy (non-hydrogen) atoms. The van der Waals surface area contributed by atoms with E-state index in [0.29, 0.717) is 38.9 Å². The molecule has 0 spiro atoms. The second kappa shape index (κ2) is 8.13. The van der Waals surface area contributed by atoms with Crippen LogP contribution in [0, 0.1) is 5.82 Å². The third kappa shape index (κ3) is 4.03. The van der Waals surface area contributed by atoms with Crippen molar-refractivity contribution in [3.63, 3.8) is 0 Å². The Morgan fingerprint density at radius 2 is 1.70 bits per heavy atom. The lowest BCUT2D eigenvalue weighted by molar-refractivity contribution is 0.0475. The summed E-state index contributed by atoms with van der Waals surface area (Å²) in [5.74, 6) is -1.42. The number of pyridine rings is 1. The Balaban J connectivity index is 1.67. The lowest BCUT2D eigenvalue weighted by atomic mass is 10.0. The summed E-state index contributed by atoms with van der Waals surface area (Å²) < 4.78 is 18.8. The monoisotopic (exact) mass is 400 g/mol. The van der Waals surface area contributed by atoms with Crippen LogP contribution in [0.2, 0.25) is 0 Å². The first-order valence-corrected chi connectivity index (χ1v) is 9.23. The van der Waals surface area contributed by atoms with Gasteiger partial charge < -0.3 is 10.5 Å². The molecule has 1 amide bonds. The van der Waals surface area contributed by atoms with Gasteiger partial charge >= 0.3 is 5.97 Å². The van der Waals surface area contributed by atoms with Crippen LogP contribution in [0.5, 0.6) is 0 Å². The number of fused-ring (bicyclic) bond motifs is 1. The Labute approximate surface area is 171 Å². The molecule has 6 heteroatoms. The molecule has 0 aliphatic rings. The third-order valence-corrected chi connectivity index (χ3v) is 4.66. The SMILES string of the molecule is NC(=O)c1cccc(COC(=O)c2cc(-c3ccc(F)cc3)nc3ccccc23)c1. The molecule has 1 aromatic heterocycles. The molecule has 4 rings (SSSR count). The molecule has 0 atom stereocenters. The molecule has 0 fully saturated rings. The minimum Gasteiger partial charge on any atom is -0.457 e. The van der Waals surface area contributed by atoms with Gasteiger partial charge in [-0.15, -0.1) is 0 Å². The van der Waals surface area contributed by atoms with Crippen LogP contribution in [-0.2, 0) is 11.3 Å². The zero-order chi connectivity index (χ0) is 21.1. The van der Waals surface area contributed by atoms with Crippen LogP contribution in [-0.4, -0.2) is 16.9 Å². The summed E-state index contributed by atoms with van der Waals surface area (Å²) in [6.45, 7) is -0.0114. The number of hydrogen-bond donors (Lipinski definition) is 1. The van der Waals surface area contributed by atoms with E-state index in [-0.39, 0.29) is 12.4 Å². The highest BCUT2D eigenvalue weighted by atomic mass is 19.1. The summed E-state index contributed by atoms with van der Waals surface area (Å²) in [6, 6.07) is 21.4. The van der Waals surface area contributed by atoms with Crippen molar-refractivity contribution < 1.29 is 18.7 Å². The van der Waals surface area contributed by atoms with E-state index in [4.69, 9.17) is 10.5 Å². The fourth-order valence-corrected chi connectivity index (χ4v) is 3.15. The number of primary amides is 1. The molecule has 148 valence electrons. The molecule has 3 aromatic carbocycles. The first-order valence-electron chi connectivity index (χ1n) is 9.23. The van der Waals surface area contributed by atoms with E-state index in [0.717, 1.165) is 0 Å². The van der Waals surface area contributed by atoms with Crippen molar-refractivity contribution in [3.8, 4) is 11.3 Å². The smallest absolute Gasteiger partial charge is 0.339 e. The Bertz CT molecular complexity index is 1250. The van der Waals surface area contributed by atoms with Gasteiger partial charge in [-0.25, -0.2) is 14.2 Å². The molecule has 0 aliphatic heterocycles. The molecule has 0 aliphatic carbocycles. The second-order valence-electron chi connectivity index (χ2n) is 6.72. The molecule has 1 heterocycles. The maximum Gasteiger partial charge on any atom is 0.339 e. The zero-order valence-corrected chi connectivity index (χ0v) is 15.8. The Hall–Kier alpha value is -4.06. The fraction of sp³-hybridized carbons (Fsp3) is 0.0417.